The Hall–Kier alpha value is -3.34. The molecule has 8 nitrogen and oxygen atoms in total. The molecular formula is C21H21F2N5O3S. The number of nitrogens with two attached hydrogens (primary N) is 1. The van der Waals surface area contributed by atoms with Crippen LogP contribution in [0, 0.1) is 5.82 Å². The largest absolute Gasteiger partial charge is 0.495 e. The molecule has 0 saturated heterocycles. The summed E-state index contributed by atoms with van der Waals surface area (Å²) >= 11 is 0. The highest BCUT2D eigenvalue weighted by Gasteiger charge is 2.53. The fraction of sp³-hybridized carbons (Fsp3) is 0.286. The van der Waals surface area contributed by atoms with Gasteiger partial charge < -0.3 is 15.8 Å². The average Bonchev–Trinajstić information content (AvgIpc) is 2.73. The molecule has 0 amide bonds. The number of alkyl halides is 1. The van der Waals surface area contributed by atoms with E-state index in [9.17, 15) is 17.2 Å². The van der Waals surface area contributed by atoms with Gasteiger partial charge in [0.05, 0.1) is 19.1 Å². The predicted octanol–water partition coefficient (Wildman–Crippen LogP) is 3.21. The molecule has 0 radical (unpaired) electrons. The number of halogens is 2. The summed E-state index contributed by atoms with van der Waals surface area (Å²) in [6.45, 7) is 2.24. The molecule has 3 aromatic rings. The lowest BCUT2D eigenvalue weighted by Gasteiger charge is -2.35. The fourth-order valence-electron chi connectivity index (χ4n) is 3.60. The molecule has 3 heterocycles. The normalized spacial score (nSPS) is 24.7. The number of methoxy groups -OCH3 is 1. The van der Waals surface area contributed by atoms with Crippen LogP contribution in [0.3, 0.4) is 0 Å². The lowest BCUT2D eigenvalue weighted by molar-refractivity contribution is 0.354. The number of anilines is 2. The van der Waals surface area contributed by atoms with Crippen LogP contribution in [0.15, 0.2) is 47.7 Å². The maximum absolute atomic E-state index is 14.8. The third kappa shape index (κ3) is 3.52. The van der Waals surface area contributed by atoms with E-state index in [0.717, 1.165) is 12.3 Å². The van der Waals surface area contributed by atoms with Crippen LogP contribution in [0.25, 0.3) is 10.9 Å². The Morgan fingerprint density at radius 3 is 2.62 bits per heavy atom. The molecule has 0 spiro atoms. The second-order valence-electron chi connectivity index (χ2n) is 7.87. The number of ether oxygens (including phenoxy) is 1. The van der Waals surface area contributed by atoms with Crippen LogP contribution >= 0.6 is 0 Å². The third-order valence-electron chi connectivity index (χ3n) is 5.50. The first-order valence-electron chi connectivity index (χ1n) is 9.60. The maximum Gasteiger partial charge on any atom is 0.263 e. The summed E-state index contributed by atoms with van der Waals surface area (Å²) in [4.78, 5) is 12.7. The Kier molecular flexibility index (Phi) is 5.04. The number of aliphatic imine (C=N–C) groups is 1. The van der Waals surface area contributed by atoms with Crippen molar-refractivity contribution in [2.75, 3.05) is 18.2 Å². The summed E-state index contributed by atoms with van der Waals surface area (Å²) in [6, 6.07) is 7.62. The molecule has 1 aliphatic rings. The van der Waals surface area contributed by atoms with Gasteiger partial charge in [-0.2, -0.15) is 0 Å². The molecule has 0 aliphatic carbocycles. The minimum Gasteiger partial charge on any atom is -0.495 e. The monoisotopic (exact) mass is 461 g/mol. The Morgan fingerprint density at radius 1 is 1.19 bits per heavy atom. The van der Waals surface area contributed by atoms with E-state index < -0.39 is 37.8 Å². The van der Waals surface area contributed by atoms with Crippen molar-refractivity contribution < 1.29 is 21.9 Å². The Morgan fingerprint density at radius 2 is 1.94 bits per heavy atom. The van der Waals surface area contributed by atoms with Crippen molar-refractivity contribution >= 4 is 38.1 Å². The van der Waals surface area contributed by atoms with E-state index in [1.165, 1.54) is 32.2 Å². The topological polar surface area (TPSA) is 120 Å². The minimum atomic E-state index is -4.33. The lowest BCUT2D eigenvalue weighted by Crippen LogP contribution is -2.54. The van der Waals surface area contributed by atoms with Gasteiger partial charge in [0, 0.05) is 22.8 Å². The van der Waals surface area contributed by atoms with Gasteiger partial charge in [-0.25, -0.2) is 27.2 Å². The predicted molar refractivity (Wildman–Crippen MR) is 118 cm³/mol. The second kappa shape index (κ2) is 7.37. The van der Waals surface area contributed by atoms with Crippen molar-refractivity contribution in [3.63, 3.8) is 0 Å². The van der Waals surface area contributed by atoms with Gasteiger partial charge in [-0.15, -0.1) is 0 Å². The molecule has 2 aromatic heterocycles. The van der Waals surface area contributed by atoms with Crippen molar-refractivity contribution in [1.82, 2.24) is 9.97 Å². The summed E-state index contributed by atoms with van der Waals surface area (Å²) in [5.74, 6) is -1.15. The third-order valence-corrected chi connectivity index (χ3v) is 7.82. The second-order valence-corrected chi connectivity index (χ2v) is 10.2. The molecule has 11 heteroatoms. The first-order valence-corrected chi connectivity index (χ1v) is 11.2. The van der Waals surface area contributed by atoms with Crippen LogP contribution in [-0.2, 0) is 15.4 Å². The van der Waals surface area contributed by atoms with Crippen LogP contribution in [-0.4, -0.2) is 42.1 Å². The number of hydrogen-bond acceptors (Lipinski definition) is 8. The molecule has 2 atom stereocenters. The highest BCUT2D eigenvalue weighted by Crippen LogP contribution is 2.39. The zero-order chi connectivity index (χ0) is 23.3. The summed E-state index contributed by atoms with van der Waals surface area (Å²) in [6.07, 6.45) is 3.13. The highest BCUT2D eigenvalue weighted by atomic mass is 32.2. The van der Waals surface area contributed by atoms with Crippen molar-refractivity contribution in [3.05, 3.63) is 54.1 Å². The van der Waals surface area contributed by atoms with Gasteiger partial charge in [-0.1, -0.05) is 0 Å². The first kappa shape index (κ1) is 21.9. The number of fused-ring (bicyclic) bond motifs is 1. The zero-order valence-electron chi connectivity index (χ0n) is 17.6. The Bertz CT molecular complexity index is 1360. The van der Waals surface area contributed by atoms with E-state index in [1.807, 2.05) is 0 Å². The number of hydrogen-bond donors (Lipinski definition) is 2. The van der Waals surface area contributed by atoms with E-state index in [2.05, 4.69) is 20.3 Å². The van der Waals surface area contributed by atoms with E-state index in [4.69, 9.17) is 10.5 Å². The molecular weight excluding hydrogens is 440 g/mol. The highest BCUT2D eigenvalue weighted by molar-refractivity contribution is 7.93. The van der Waals surface area contributed by atoms with Crippen molar-refractivity contribution in [1.29, 1.82) is 0 Å². The van der Waals surface area contributed by atoms with Gasteiger partial charge in [0.1, 0.15) is 28.5 Å². The summed E-state index contributed by atoms with van der Waals surface area (Å²) in [7, 11) is -2.80. The van der Waals surface area contributed by atoms with Gasteiger partial charge in [0.15, 0.2) is 15.7 Å². The molecule has 4 rings (SSSR count). The van der Waals surface area contributed by atoms with Gasteiger partial charge in [-0.05, 0) is 44.2 Å². The van der Waals surface area contributed by atoms with Gasteiger partial charge in [0.25, 0.3) is 5.00 Å². The number of sulfone groups is 1. The Balaban J connectivity index is 1.77. The number of benzene rings is 1. The Labute approximate surface area is 183 Å². The van der Waals surface area contributed by atoms with E-state index in [0.29, 0.717) is 22.8 Å². The lowest BCUT2D eigenvalue weighted by atomic mass is 9.93. The van der Waals surface area contributed by atoms with Crippen LogP contribution in [0.2, 0.25) is 0 Å². The molecule has 32 heavy (non-hydrogen) atoms. The first-order chi connectivity index (χ1) is 15.0. The SMILES string of the molecule is COc1cnc2c(Nc3ccc(F)c(C4(C)CS(=O)(=O)C(C)(F)C(N)=N4)c3)nccc2c1. The van der Waals surface area contributed by atoms with Crippen LogP contribution in [0.5, 0.6) is 5.75 Å². The van der Waals surface area contributed by atoms with Crippen molar-refractivity contribution in [2.24, 2.45) is 10.7 Å². The van der Waals surface area contributed by atoms with E-state index in [1.54, 1.807) is 24.5 Å². The number of aromatic nitrogens is 2. The van der Waals surface area contributed by atoms with Crippen LogP contribution < -0.4 is 15.8 Å². The summed E-state index contributed by atoms with van der Waals surface area (Å²) in [5.41, 5.74) is 4.96. The summed E-state index contributed by atoms with van der Waals surface area (Å²) in [5, 5.41) is 1.04. The molecule has 0 fully saturated rings. The van der Waals surface area contributed by atoms with E-state index >= 15 is 0 Å². The summed E-state index contributed by atoms with van der Waals surface area (Å²) < 4.78 is 59.5. The molecule has 1 aliphatic heterocycles. The van der Waals surface area contributed by atoms with Crippen molar-refractivity contribution in [3.8, 4) is 5.75 Å². The number of rotatable bonds is 4. The quantitative estimate of drug-likeness (QED) is 0.612. The van der Waals surface area contributed by atoms with Gasteiger partial charge >= 0.3 is 0 Å². The van der Waals surface area contributed by atoms with Crippen molar-refractivity contribution in [2.45, 2.75) is 24.4 Å². The van der Waals surface area contributed by atoms with E-state index in [-0.39, 0.29) is 5.56 Å². The molecule has 1 aromatic carbocycles. The zero-order valence-corrected chi connectivity index (χ0v) is 18.4. The number of amidine groups is 1. The fourth-order valence-corrected chi connectivity index (χ4v) is 5.19. The van der Waals surface area contributed by atoms with Crippen LogP contribution in [0.4, 0.5) is 20.3 Å². The molecule has 168 valence electrons. The molecule has 3 N–H and O–H groups in total. The molecule has 2 unspecified atom stereocenters. The van der Waals surface area contributed by atoms with Crippen LogP contribution in [0.1, 0.15) is 19.4 Å². The average molecular weight is 461 g/mol. The maximum atomic E-state index is 14.8. The van der Waals surface area contributed by atoms with Gasteiger partial charge in [0.2, 0.25) is 0 Å². The number of pyridine rings is 2. The molecule has 0 saturated carbocycles. The molecule has 0 bridgehead atoms. The minimum absolute atomic E-state index is 0.0422. The smallest absolute Gasteiger partial charge is 0.263 e. The standard InChI is InChI=1S/C21H21F2N5O3S/c1-20(11-32(29,30)21(2,23)19(24)28-20)15-9-13(4-5-16(15)22)27-18-17-12(6-7-25-18)8-14(31-3)10-26-17/h4-10H,11H2,1-3H3,(H2,24,28)(H,25,27). The number of nitrogens with zero attached hydrogens (tertiary/aromatic N) is 3. The number of nitrogens with one attached hydrogen (secondary N) is 1. The van der Waals surface area contributed by atoms with Gasteiger partial charge in [-0.3, -0.25) is 4.99 Å².